The van der Waals surface area contributed by atoms with Gasteiger partial charge in [0.1, 0.15) is 0 Å². The number of hydrogen-bond acceptors (Lipinski definition) is 4. The number of nitrogens with two attached hydrogens (primary N) is 1. The van der Waals surface area contributed by atoms with Gasteiger partial charge in [-0.1, -0.05) is 20.8 Å². The fourth-order valence-electron chi connectivity index (χ4n) is 2.34. The third kappa shape index (κ3) is 6.35. The molecule has 5 heteroatoms. The van der Waals surface area contributed by atoms with E-state index in [4.69, 9.17) is 16.9 Å². The predicted molar refractivity (Wildman–Crippen MR) is 89.1 cm³/mol. The number of ether oxygens (including phenoxy) is 1. The van der Waals surface area contributed by atoms with Gasteiger partial charge in [0, 0.05) is 25.6 Å². The first-order valence-electron chi connectivity index (χ1n) is 8.15. The lowest BCUT2D eigenvalue weighted by molar-refractivity contribution is -0.127. The van der Waals surface area contributed by atoms with E-state index in [-0.39, 0.29) is 23.4 Å². The lowest BCUT2D eigenvalue weighted by atomic mass is 9.88. The summed E-state index contributed by atoms with van der Waals surface area (Å²) < 4.78 is 5.72. The highest BCUT2D eigenvalue weighted by Crippen LogP contribution is 2.19. The van der Waals surface area contributed by atoms with Gasteiger partial charge in [0.15, 0.2) is 0 Å². The number of amides is 1. The second-order valence-electron chi connectivity index (χ2n) is 7.04. The molecule has 0 aromatic carbocycles. The number of hydrogen-bond donors (Lipinski definition) is 2. The van der Waals surface area contributed by atoms with Crippen molar-refractivity contribution in [3.05, 3.63) is 0 Å². The van der Waals surface area contributed by atoms with Crippen LogP contribution in [0.3, 0.4) is 0 Å². The number of rotatable bonds is 8. The van der Waals surface area contributed by atoms with E-state index in [9.17, 15) is 4.79 Å². The normalized spacial score (nSPS) is 20.6. The molecular weight excluding hydrogens is 278 g/mol. The summed E-state index contributed by atoms with van der Waals surface area (Å²) in [6.07, 6.45) is 8.63. The molecule has 0 aliphatic carbocycles. The van der Waals surface area contributed by atoms with Gasteiger partial charge < -0.3 is 15.8 Å². The third-order valence-corrected chi connectivity index (χ3v) is 4.13. The predicted octanol–water partition coefficient (Wildman–Crippen LogP) is 1.33. The molecule has 1 rings (SSSR count). The maximum atomic E-state index is 12.2. The molecule has 0 aromatic rings. The molecule has 0 radical (unpaired) electrons. The van der Waals surface area contributed by atoms with E-state index in [1.54, 1.807) is 0 Å². The molecule has 5 nitrogen and oxygen atoms in total. The smallest absolute Gasteiger partial charge is 0.237 e. The first-order valence-corrected chi connectivity index (χ1v) is 8.15. The molecule has 126 valence electrons. The van der Waals surface area contributed by atoms with Gasteiger partial charge in [-0.2, -0.15) is 0 Å². The number of unbranched alkanes of at least 4 members (excludes halogenated alkanes) is 1. The molecule has 1 heterocycles. The lowest BCUT2D eigenvalue weighted by Crippen LogP contribution is -2.45. The number of carbonyl (C=O) groups is 1. The van der Waals surface area contributed by atoms with Crippen LogP contribution in [0.1, 0.15) is 46.5 Å². The summed E-state index contributed by atoms with van der Waals surface area (Å²) in [5.74, 6) is 2.66. The zero-order valence-electron chi connectivity index (χ0n) is 14.2. The molecular formula is C17H31N3O2. The monoisotopic (exact) mass is 309 g/mol. The maximum Gasteiger partial charge on any atom is 0.237 e. The van der Waals surface area contributed by atoms with Gasteiger partial charge >= 0.3 is 0 Å². The Morgan fingerprint density at radius 3 is 2.91 bits per heavy atom. The Kier molecular flexibility index (Phi) is 7.88. The van der Waals surface area contributed by atoms with Gasteiger partial charge in [-0.15, -0.1) is 12.3 Å². The van der Waals surface area contributed by atoms with Gasteiger partial charge in [-0.3, -0.25) is 9.69 Å². The number of nitrogens with one attached hydrogen (secondary N) is 1. The minimum absolute atomic E-state index is 0.00820. The molecule has 1 amide bonds. The quantitative estimate of drug-likeness (QED) is 0.524. The molecule has 22 heavy (non-hydrogen) atoms. The summed E-state index contributed by atoms with van der Waals surface area (Å²) in [5, 5.41) is 2.96. The minimum Gasteiger partial charge on any atom is -0.364 e. The van der Waals surface area contributed by atoms with Crippen molar-refractivity contribution in [3.63, 3.8) is 0 Å². The van der Waals surface area contributed by atoms with Gasteiger partial charge in [-0.25, -0.2) is 0 Å². The van der Waals surface area contributed by atoms with E-state index < -0.39 is 0 Å². The molecule has 1 fully saturated rings. The van der Waals surface area contributed by atoms with E-state index in [0.29, 0.717) is 26.3 Å². The molecule has 0 bridgehead atoms. The van der Waals surface area contributed by atoms with Crippen molar-refractivity contribution in [2.75, 3.05) is 26.4 Å². The highest BCUT2D eigenvalue weighted by Gasteiger charge is 2.30. The van der Waals surface area contributed by atoms with Crippen LogP contribution in [-0.4, -0.2) is 49.3 Å². The van der Waals surface area contributed by atoms with Crippen LogP contribution in [0, 0.1) is 17.8 Å². The standard InChI is InChI=1S/C17H31N3O2/c1-5-6-7-10-19-16(21)14-9-8-11-20(14)13-22-12-15(18)17(2,3)4/h1,14-15H,6-13,18H2,2-4H3,(H,19,21)/t14?,15-/m1/s1. The zero-order chi connectivity index (χ0) is 16.6. The van der Waals surface area contributed by atoms with E-state index in [2.05, 4.69) is 36.9 Å². The van der Waals surface area contributed by atoms with E-state index in [0.717, 1.165) is 25.8 Å². The summed E-state index contributed by atoms with van der Waals surface area (Å²) in [7, 11) is 0. The van der Waals surface area contributed by atoms with Crippen molar-refractivity contribution < 1.29 is 9.53 Å². The summed E-state index contributed by atoms with van der Waals surface area (Å²) in [6, 6.07) is -0.0946. The highest BCUT2D eigenvalue weighted by molar-refractivity contribution is 5.81. The summed E-state index contributed by atoms with van der Waals surface area (Å²) in [5.41, 5.74) is 6.11. The molecule has 1 saturated heterocycles. The van der Waals surface area contributed by atoms with Crippen molar-refractivity contribution in [1.82, 2.24) is 10.2 Å². The van der Waals surface area contributed by atoms with Crippen LogP contribution < -0.4 is 11.1 Å². The Morgan fingerprint density at radius 2 is 2.27 bits per heavy atom. The third-order valence-electron chi connectivity index (χ3n) is 4.13. The molecule has 1 aliphatic heterocycles. The first-order chi connectivity index (χ1) is 10.4. The molecule has 0 aromatic heterocycles. The average Bonchev–Trinajstić information content (AvgIpc) is 2.90. The lowest BCUT2D eigenvalue weighted by Gasteiger charge is -2.29. The van der Waals surface area contributed by atoms with Gasteiger partial charge in [0.25, 0.3) is 0 Å². The second-order valence-corrected chi connectivity index (χ2v) is 7.04. The van der Waals surface area contributed by atoms with Gasteiger partial charge in [0.05, 0.1) is 19.4 Å². The van der Waals surface area contributed by atoms with Gasteiger partial charge in [0.2, 0.25) is 5.91 Å². The number of carbonyl (C=O) groups excluding carboxylic acids is 1. The maximum absolute atomic E-state index is 12.2. The molecule has 0 spiro atoms. The fourth-order valence-corrected chi connectivity index (χ4v) is 2.34. The number of terminal acetylenes is 1. The van der Waals surface area contributed by atoms with Crippen molar-refractivity contribution in [2.45, 2.75) is 58.5 Å². The van der Waals surface area contributed by atoms with Crippen LogP contribution in [0.5, 0.6) is 0 Å². The minimum atomic E-state index is -0.0864. The summed E-state index contributed by atoms with van der Waals surface area (Å²) in [4.78, 5) is 14.3. The van der Waals surface area contributed by atoms with Crippen LogP contribution in [0.2, 0.25) is 0 Å². The van der Waals surface area contributed by atoms with E-state index >= 15 is 0 Å². The van der Waals surface area contributed by atoms with Crippen LogP contribution in [-0.2, 0) is 9.53 Å². The summed E-state index contributed by atoms with van der Waals surface area (Å²) >= 11 is 0. The molecule has 0 saturated carbocycles. The van der Waals surface area contributed by atoms with Crippen LogP contribution in [0.4, 0.5) is 0 Å². The Hall–Kier alpha value is -1.09. The first kappa shape index (κ1) is 19.0. The van der Waals surface area contributed by atoms with Crippen molar-refractivity contribution in [1.29, 1.82) is 0 Å². The van der Waals surface area contributed by atoms with Crippen LogP contribution in [0.25, 0.3) is 0 Å². The Balaban J connectivity index is 2.31. The molecule has 2 atom stereocenters. The largest absolute Gasteiger partial charge is 0.364 e. The molecule has 1 unspecified atom stereocenters. The van der Waals surface area contributed by atoms with Crippen LogP contribution >= 0.6 is 0 Å². The second kappa shape index (κ2) is 9.14. The topological polar surface area (TPSA) is 67.6 Å². The fraction of sp³-hybridized carbons (Fsp3) is 0.824. The Bertz CT molecular complexity index is 384. The number of nitrogens with zero attached hydrogens (tertiary/aromatic N) is 1. The molecule has 3 N–H and O–H groups in total. The highest BCUT2D eigenvalue weighted by atomic mass is 16.5. The summed E-state index contributed by atoms with van der Waals surface area (Å²) in [6.45, 7) is 8.81. The van der Waals surface area contributed by atoms with Crippen LogP contribution in [0.15, 0.2) is 0 Å². The van der Waals surface area contributed by atoms with Crippen molar-refractivity contribution in [3.8, 4) is 12.3 Å². The van der Waals surface area contributed by atoms with Crippen molar-refractivity contribution >= 4 is 5.91 Å². The zero-order valence-corrected chi connectivity index (χ0v) is 14.2. The van der Waals surface area contributed by atoms with Crippen molar-refractivity contribution in [2.24, 2.45) is 11.1 Å². The Morgan fingerprint density at radius 1 is 1.55 bits per heavy atom. The SMILES string of the molecule is C#CCCCNC(=O)C1CCCN1COC[C@@H](N)C(C)(C)C. The van der Waals surface area contributed by atoms with E-state index in [1.165, 1.54) is 0 Å². The van der Waals surface area contributed by atoms with E-state index in [1.807, 2.05) is 0 Å². The average molecular weight is 309 g/mol. The Labute approximate surface area is 134 Å². The molecule has 1 aliphatic rings. The van der Waals surface area contributed by atoms with Gasteiger partial charge in [-0.05, 0) is 24.7 Å². The number of likely N-dealkylation sites (tertiary alicyclic amines) is 1.